The number of aromatic nitrogens is 3. The Morgan fingerprint density at radius 2 is 0.815 bits per heavy atom. The molecule has 0 fully saturated rings. The van der Waals surface area contributed by atoms with Crippen molar-refractivity contribution in [2.24, 2.45) is 0 Å². The molecular formula is C50H33N3O. The van der Waals surface area contributed by atoms with Crippen LogP contribution in [-0.2, 0) is 6.56 Å². The van der Waals surface area contributed by atoms with Crippen molar-refractivity contribution in [1.82, 2.24) is 15.0 Å². The number of ether oxygens (including phenoxy) is 1. The molecule has 0 amide bonds. The second kappa shape index (κ2) is 13.4. The standard InChI is InChI=1S/C50H33N3O/c1-3-12-33(13-4-1)35-22-26-37(27-23-35)48-51-49(38-28-24-36(25-29-38)34-14-5-2-6-15-34)53-50(52-48)45-31-30-43(41-18-9-10-19-42(41)45)44-20-11-21-46-47(44)40-17-8-7-16-39(40)32-54-46/h1-31H,32H2/i32D2. The summed E-state index contributed by atoms with van der Waals surface area (Å²) in [5.41, 5.74) is 11.4. The topological polar surface area (TPSA) is 47.9 Å². The molecule has 0 saturated carbocycles. The van der Waals surface area contributed by atoms with E-state index < -0.39 is 6.56 Å². The zero-order valence-corrected chi connectivity index (χ0v) is 29.1. The van der Waals surface area contributed by atoms with Crippen molar-refractivity contribution in [2.75, 3.05) is 0 Å². The Bertz CT molecular complexity index is 2790. The SMILES string of the molecule is [2H]C1([2H])Oc2cccc(-c3ccc(-c4nc(-c5ccc(-c6ccccc6)cc5)nc(-c5ccc(-c6ccccc6)cc5)n4)c4ccccc34)c2-c2ccccc21. The minimum Gasteiger partial charge on any atom is -0.488 e. The van der Waals surface area contributed by atoms with Gasteiger partial charge < -0.3 is 4.74 Å². The summed E-state index contributed by atoms with van der Waals surface area (Å²) in [5.74, 6) is 2.27. The molecule has 54 heavy (non-hydrogen) atoms. The van der Waals surface area contributed by atoms with Crippen LogP contribution < -0.4 is 4.74 Å². The molecule has 1 aromatic heterocycles. The van der Waals surface area contributed by atoms with E-state index in [0.717, 1.165) is 72.0 Å². The lowest BCUT2D eigenvalue weighted by atomic mass is 9.87. The summed E-state index contributed by atoms with van der Waals surface area (Å²) in [7, 11) is 0. The highest BCUT2D eigenvalue weighted by Crippen LogP contribution is 2.46. The highest BCUT2D eigenvalue weighted by molar-refractivity contribution is 6.07. The molecule has 0 unspecified atom stereocenters. The third-order valence-electron chi connectivity index (χ3n) is 10.1. The van der Waals surface area contributed by atoms with Gasteiger partial charge in [-0.15, -0.1) is 0 Å². The van der Waals surface area contributed by atoms with E-state index in [1.54, 1.807) is 6.07 Å². The minimum absolute atomic E-state index is 0.514. The van der Waals surface area contributed by atoms with Gasteiger partial charge in [-0.05, 0) is 67.4 Å². The molecular weight excluding hydrogens is 659 g/mol. The maximum absolute atomic E-state index is 8.65. The Morgan fingerprint density at radius 3 is 1.44 bits per heavy atom. The van der Waals surface area contributed by atoms with Crippen molar-refractivity contribution >= 4 is 10.8 Å². The van der Waals surface area contributed by atoms with Crippen molar-refractivity contribution < 1.29 is 7.48 Å². The molecule has 0 N–H and O–H groups in total. The van der Waals surface area contributed by atoms with Crippen LogP contribution >= 0.6 is 0 Å². The zero-order valence-electron chi connectivity index (χ0n) is 31.1. The van der Waals surface area contributed by atoms with Crippen LogP contribution in [0.1, 0.15) is 8.30 Å². The number of hydrogen-bond donors (Lipinski definition) is 0. The third-order valence-corrected chi connectivity index (χ3v) is 10.1. The summed E-state index contributed by atoms with van der Waals surface area (Å²) < 4.78 is 23.3. The number of rotatable bonds is 6. The van der Waals surface area contributed by atoms with E-state index in [0.29, 0.717) is 28.8 Å². The van der Waals surface area contributed by atoms with Crippen molar-refractivity contribution in [1.29, 1.82) is 0 Å². The average Bonchev–Trinajstić information content (AvgIpc) is 3.26. The summed E-state index contributed by atoms with van der Waals surface area (Å²) in [6.07, 6.45) is 0. The first-order valence-corrected chi connectivity index (χ1v) is 18.0. The molecule has 9 aromatic rings. The molecule has 0 radical (unpaired) electrons. The van der Waals surface area contributed by atoms with Crippen molar-refractivity contribution in [3.8, 4) is 84.4 Å². The number of benzene rings is 8. The van der Waals surface area contributed by atoms with Crippen LogP contribution in [0.25, 0.3) is 89.4 Å². The van der Waals surface area contributed by atoms with Crippen molar-refractivity contribution in [3.05, 3.63) is 194 Å². The largest absolute Gasteiger partial charge is 0.488 e. The van der Waals surface area contributed by atoms with Crippen LogP contribution in [0, 0.1) is 0 Å². The molecule has 0 aliphatic carbocycles. The van der Waals surface area contributed by atoms with Crippen LogP contribution in [0.15, 0.2) is 188 Å². The Balaban J connectivity index is 1.13. The fraction of sp³-hybridized carbons (Fsp3) is 0.0200. The second-order valence-corrected chi connectivity index (χ2v) is 13.3. The fourth-order valence-electron chi connectivity index (χ4n) is 7.39. The smallest absolute Gasteiger partial charge is 0.164 e. The molecule has 0 spiro atoms. The lowest BCUT2D eigenvalue weighted by Crippen LogP contribution is -2.06. The van der Waals surface area contributed by atoms with E-state index in [-0.39, 0.29) is 0 Å². The van der Waals surface area contributed by atoms with Crippen LogP contribution in [0.2, 0.25) is 0 Å². The summed E-state index contributed by atoms with van der Waals surface area (Å²) in [5, 5.41) is 2.01. The van der Waals surface area contributed by atoms with Gasteiger partial charge in [0.15, 0.2) is 17.5 Å². The third kappa shape index (κ3) is 5.71. The van der Waals surface area contributed by atoms with Gasteiger partial charge in [-0.25, -0.2) is 15.0 Å². The number of fused-ring (bicyclic) bond motifs is 4. The van der Waals surface area contributed by atoms with Gasteiger partial charge in [-0.3, -0.25) is 0 Å². The summed E-state index contributed by atoms with van der Waals surface area (Å²) in [4.78, 5) is 15.4. The summed E-state index contributed by atoms with van der Waals surface area (Å²) in [6, 6.07) is 63.4. The second-order valence-electron chi connectivity index (χ2n) is 13.3. The van der Waals surface area contributed by atoms with Crippen molar-refractivity contribution in [3.63, 3.8) is 0 Å². The monoisotopic (exact) mass is 693 g/mol. The summed E-state index contributed by atoms with van der Waals surface area (Å²) >= 11 is 0. The molecule has 254 valence electrons. The first kappa shape index (κ1) is 29.4. The van der Waals surface area contributed by atoms with E-state index in [9.17, 15) is 0 Å². The number of nitrogens with zero attached hydrogens (tertiary/aromatic N) is 3. The maximum atomic E-state index is 8.65. The normalized spacial score (nSPS) is 13.3. The molecule has 8 aromatic carbocycles. The van der Waals surface area contributed by atoms with E-state index in [4.69, 9.17) is 22.4 Å². The highest BCUT2D eigenvalue weighted by Gasteiger charge is 2.23. The van der Waals surface area contributed by atoms with Crippen LogP contribution in [0.5, 0.6) is 5.75 Å². The fourth-order valence-corrected chi connectivity index (χ4v) is 7.39. The van der Waals surface area contributed by atoms with Gasteiger partial charge in [0.05, 0.1) is 2.74 Å². The Labute approximate surface area is 316 Å². The molecule has 2 heterocycles. The highest BCUT2D eigenvalue weighted by atomic mass is 16.5. The van der Waals surface area contributed by atoms with Gasteiger partial charge in [0.25, 0.3) is 0 Å². The quantitative estimate of drug-likeness (QED) is 0.174. The number of hydrogen-bond acceptors (Lipinski definition) is 4. The van der Waals surface area contributed by atoms with Gasteiger partial charge in [-0.2, -0.15) is 0 Å². The van der Waals surface area contributed by atoms with Gasteiger partial charge in [0.2, 0.25) is 0 Å². The first-order valence-electron chi connectivity index (χ1n) is 19.0. The Hall–Kier alpha value is -7.17. The lowest BCUT2D eigenvalue weighted by molar-refractivity contribution is 0.302. The molecule has 10 rings (SSSR count). The van der Waals surface area contributed by atoms with Gasteiger partial charge >= 0.3 is 0 Å². The predicted octanol–water partition coefficient (Wildman–Crippen LogP) is 12.6. The zero-order chi connectivity index (χ0) is 37.6. The van der Waals surface area contributed by atoms with Gasteiger partial charge in [0.1, 0.15) is 12.3 Å². The lowest BCUT2D eigenvalue weighted by Gasteiger charge is -2.24. The molecule has 1 aliphatic heterocycles. The molecule has 4 heteroatoms. The van der Waals surface area contributed by atoms with Crippen LogP contribution in [0.4, 0.5) is 0 Å². The Morgan fingerprint density at radius 1 is 0.352 bits per heavy atom. The Kier molecular flexibility index (Phi) is 7.31. The van der Waals surface area contributed by atoms with E-state index in [2.05, 4.69) is 103 Å². The molecule has 1 aliphatic rings. The first-order chi connectivity index (χ1) is 27.5. The van der Waals surface area contributed by atoms with Crippen LogP contribution in [0.3, 0.4) is 0 Å². The summed E-state index contributed by atoms with van der Waals surface area (Å²) in [6.45, 7) is -1.94. The molecule has 0 bridgehead atoms. The van der Waals surface area contributed by atoms with E-state index >= 15 is 0 Å². The minimum atomic E-state index is -1.94. The average molecular weight is 694 g/mol. The molecule has 4 nitrogen and oxygen atoms in total. The van der Waals surface area contributed by atoms with E-state index in [1.165, 1.54) is 0 Å². The maximum Gasteiger partial charge on any atom is 0.164 e. The van der Waals surface area contributed by atoms with Gasteiger partial charge in [-0.1, -0.05) is 176 Å². The van der Waals surface area contributed by atoms with Crippen molar-refractivity contribution in [2.45, 2.75) is 6.56 Å². The van der Waals surface area contributed by atoms with E-state index in [1.807, 2.05) is 78.9 Å². The molecule has 0 saturated heterocycles. The van der Waals surface area contributed by atoms with Gasteiger partial charge in [0, 0.05) is 22.3 Å². The predicted molar refractivity (Wildman–Crippen MR) is 220 cm³/mol. The molecule has 0 atom stereocenters. The van der Waals surface area contributed by atoms with Crippen LogP contribution in [-0.4, -0.2) is 15.0 Å².